The van der Waals surface area contributed by atoms with Crippen LogP contribution in [0.25, 0.3) is 17.2 Å². The van der Waals surface area contributed by atoms with E-state index in [9.17, 15) is 4.79 Å². The predicted molar refractivity (Wildman–Crippen MR) is 132 cm³/mol. The van der Waals surface area contributed by atoms with Crippen LogP contribution in [0.15, 0.2) is 96.8 Å². The molecule has 0 saturated heterocycles. The maximum absolute atomic E-state index is 12.8. The number of carbonyl (C=O) groups is 1. The van der Waals surface area contributed by atoms with Crippen molar-refractivity contribution in [2.75, 3.05) is 0 Å². The molecular formula is C28H18Cl2O3. The first-order chi connectivity index (χ1) is 16.1. The summed E-state index contributed by atoms with van der Waals surface area (Å²) in [6, 6.07) is 28.7. The van der Waals surface area contributed by atoms with Gasteiger partial charge in [-0.2, -0.15) is 0 Å². The van der Waals surface area contributed by atoms with Gasteiger partial charge in [0.05, 0.1) is 15.6 Å². The molecule has 3 nitrogen and oxygen atoms in total. The Bertz CT molecular complexity index is 1360. The molecule has 4 aromatic rings. The fourth-order valence-electron chi connectivity index (χ4n) is 3.61. The first-order valence-electron chi connectivity index (χ1n) is 10.4. The van der Waals surface area contributed by atoms with Crippen LogP contribution in [-0.2, 0) is 6.61 Å². The lowest BCUT2D eigenvalue weighted by Gasteiger charge is -2.08. The van der Waals surface area contributed by atoms with Crippen LogP contribution in [0.1, 0.15) is 21.5 Å². The molecule has 0 unspecified atom stereocenters. The van der Waals surface area contributed by atoms with Crippen molar-refractivity contribution in [1.82, 2.24) is 0 Å². The van der Waals surface area contributed by atoms with Gasteiger partial charge in [0.1, 0.15) is 18.1 Å². The SMILES string of the molecule is O=C1/C(=C/c2ccc(-c3ccccc3)cc2)Oc2cc(OCc3ccc(Cl)c(Cl)c3)ccc21. The molecule has 0 radical (unpaired) electrons. The number of allylic oxidation sites excluding steroid dienone is 1. The Hall–Kier alpha value is -3.53. The van der Waals surface area contributed by atoms with E-state index in [0.29, 0.717) is 39.5 Å². The highest BCUT2D eigenvalue weighted by Gasteiger charge is 2.27. The van der Waals surface area contributed by atoms with Crippen molar-refractivity contribution in [1.29, 1.82) is 0 Å². The molecule has 5 rings (SSSR count). The molecule has 1 heterocycles. The second kappa shape index (κ2) is 9.14. The third kappa shape index (κ3) is 4.65. The van der Waals surface area contributed by atoms with Crippen molar-refractivity contribution in [2.45, 2.75) is 6.61 Å². The molecule has 0 N–H and O–H groups in total. The predicted octanol–water partition coefficient (Wildman–Crippen LogP) is 7.86. The molecule has 0 aliphatic carbocycles. The van der Waals surface area contributed by atoms with E-state index in [0.717, 1.165) is 22.3 Å². The van der Waals surface area contributed by atoms with Crippen LogP contribution in [0.4, 0.5) is 0 Å². The summed E-state index contributed by atoms with van der Waals surface area (Å²) in [5.74, 6) is 1.23. The van der Waals surface area contributed by atoms with Crippen LogP contribution in [0.5, 0.6) is 11.5 Å². The van der Waals surface area contributed by atoms with Gasteiger partial charge < -0.3 is 9.47 Å². The van der Waals surface area contributed by atoms with Crippen molar-refractivity contribution < 1.29 is 14.3 Å². The number of ketones is 1. The Morgan fingerprint density at radius 2 is 1.55 bits per heavy atom. The average Bonchev–Trinajstić information content (AvgIpc) is 3.15. The van der Waals surface area contributed by atoms with E-state index in [1.807, 2.05) is 48.5 Å². The van der Waals surface area contributed by atoms with Gasteiger partial charge in [0, 0.05) is 6.07 Å². The second-order valence-electron chi connectivity index (χ2n) is 7.62. The fraction of sp³-hybridized carbons (Fsp3) is 0.0357. The highest BCUT2D eigenvalue weighted by Crippen LogP contribution is 2.35. The number of ether oxygens (including phenoxy) is 2. The van der Waals surface area contributed by atoms with Crippen LogP contribution >= 0.6 is 23.2 Å². The largest absolute Gasteiger partial charge is 0.489 e. The van der Waals surface area contributed by atoms with Gasteiger partial charge in [-0.25, -0.2) is 0 Å². The van der Waals surface area contributed by atoms with Crippen LogP contribution < -0.4 is 9.47 Å². The molecule has 4 aromatic carbocycles. The van der Waals surface area contributed by atoms with E-state index in [2.05, 4.69) is 12.1 Å². The standard InChI is InChI=1S/C28H18Cl2O3/c29-24-13-8-19(14-25(24)30)17-32-22-11-12-23-26(16-22)33-27(28(23)31)15-18-6-9-21(10-7-18)20-4-2-1-3-5-20/h1-16H,17H2/b27-15-. The molecule has 0 bridgehead atoms. The van der Waals surface area contributed by atoms with Gasteiger partial charge in [-0.3, -0.25) is 4.79 Å². The molecule has 0 fully saturated rings. The molecule has 1 aliphatic rings. The summed E-state index contributed by atoms with van der Waals surface area (Å²) in [4.78, 5) is 12.8. The Kier molecular flexibility index (Phi) is 5.91. The Morgan fingerprint density at radius 3 is 2.30 bits per heavy atom. The van der Waals surface area contributed by atoms with E-state index in [-0.39, 0.29) is 5.78 Å². The molecule has 1 aliphatic heterocycles. The summed E-state index contributed by atoms with van der Waals surface area (Å²) >= 11 is 12.0. The lowest BCUT2D eigenvalue weighted by molar-refractivity contribution is 0.101. The second-order valence-corrected chi connectivity index (χ2v) is 8.44. The average molecular weight is 473 g/mol. The summed E-state index contributed by atoms with van der Waals surface area (Å²) < 4.78 is 11.7. The van der Waals surface area contributed by atoms with Gasteiger partial charge in [-0.15, -0.1) is 0 Å². The highest BCUT2D eigenvalue weighted by atomic mass is 35.5. The van der Waals surface area contributed by atoms with Gasteiger partial charge in [0.15, 0.2) is 5.76 Å². The molecule has 0 aromatic heterocycles. The number of fused-ring (bicyclic) bond motifs is 1. The Labute approximate surface area is 201 Å². The lowest BCUT2D eigenvalue weighted by Crippen LogP contribution is -1.98. The van der Waals surface area contributed by atoms with Crippen LogP contribution in [0.3, 0.4) is 0 Å². The number of carbonyl (C=O) groups excluding carboxylic acids is 1. The molecule has 162 valence electrons. The van der Waals surface area contributed by atoms with E-state index < -0.39 is 0 Å². The van der Waals surface area contributed by atoms with Crippen molar-refractivity contribution >= 4 is 35.1 Å². The molecule has 0 atom stereocenters. The molecule has 5 heteroatoms. The summed E-state index contributed by atoms with van der Waals surface area (Å²) in [5, 5.41) is 0.978. The zero-order chi connectivity index (χ0) is 22.8. The third-order valence-corrected chi connectivity index (χ3v) is 6.09. The maximum Gasteiger partial charge on any atom is 0.231 e. The van der Waals surface area contributed by atoms with Crippen molar-refractivity contribution in [2.24, 2.45) is 0 Å². The quantitative estimate of drug-likeness (QED) is 0.277. The number of halogens is 2. The summed E-state index contributed by atoms with van der Waals surface area (Å²) in [6.07, 6.45) is 1.76. The number of benzene rings is 4. The van der Waals surface area contributed by atoms with Gasteiger partial charge in [0.25, 0.3) is 0 Å². The Morgan fingerprint density at radius 1 is 0.788 bits per heavy atom. The normalized spacial score (nSPS) is 13.6. The van der Waals surface area contributed by atoms with Crippen LogP contribution in [0.2, 0.25) is 10.0 Å². The number of hydrogen-bond donors (Lipinski definition) is 0. The minimum absolute atomic E-state index is 0.145. The third-order valence-electron chi connectivity index (χ3n) is 5.35. The van der Waals surface area contributed by atoms with Crippen molar-refractivity contribution in [3.63, 3.8) is 0 Å². The zero-order valence-corrected chi connectivity index (χ0v) is 18.9. The smallest absolute Gasteiger partial charge is 0.231 e. The molecule has 0 spiro atoms. The molecule has 33 heavy (non-hydrogen) atoms. The van der Waals surface area contributed by atoms with E-state index in [4.69, 9.17) is 32.7 Å². The van der Waals surface area contributed by atoms with Gasteiger partial charge in [0.2, 0.25) is 5.78 Å². The molecule has 0 amide bonds. The topological polar surface area (TPSA) is 35.5 Å². The van der Waals surface area contributed by atoms with Gasteiger partial charge in [-0.1, -0.05) is 83.9 Å². The maximum atomic E-state index is 12.8. The van der Waals surface area contributed by atoms with Gasteiger partial charge >= 0.3 is 0 Å². The van der Waals surface area contributed by atoms with Crippen LogP contribution in [0, 0.1) is 0 Å². The minimum atomic E-state index is -0.145. The fourth-order valence-corrected chi connectivity index (χ4v) is 3.93. The van der Waals surface area contributed by atoms with E-state index in [1.54, 1.807) is 36.4 Å². The van der Waals surface area contributed by atoms with Crippen molar-refractivity contribution in [3.05, 3.63) is 123 Å². The minimum Gasteiger partial charge on any atom is -0.489 e. The first-order valence-corrected chi connectivity index (χ1v) is 11.1. The van der Waals surface area contributed by atoms with E-state index in [1.165, 1.54) is 0 Å². The van der Waals surface area contributed by atoms with E-state index >= 15 is 0 Å². The summed E-state index contributed by atoms with van der Waals surface area (Å²) in [7, 11) is 0. The van der Waals surface area contributed by atoms with Crippen LogP contribution in [-0.4, -0.2) is 5.78 Å². The van der Waals surface area contributed by atoms with Gasteiger partial charge in [-0.05, 0) is 52.6 Å². The zero-order valence-electron chi connectivity index (χ0n) is 17.4. The lowest BCUT2D eigenvalue weighted by atomic mass is 10.0. The van der Waals surface area contributed by atoms with Crippen molar-refractivity contribution in [3.8, 4) is 22.6 Å². The number of rotatable bonds is 5. The summed E-state index contributed by atoms with van der Waals surface area (Å²) in [6.45, 7) is 0.320. The number of hydrogen-bond acceptors (Lipinski definition) is 3. The highest BCUT2D eigenvalue weighted by molar-refractivity contribution is 6.42. The molecular weight excluding hydrogens is 455 g/mol. The molecule has 0 saturated carbocycles. The Balaban J connectivity index is 1.30. The summed E-state index contributed by atoms with van der Waals surface area (Å²) in [5.41, 5.74) is 4.56. The first kappa shape index (κ1) is 21.3. The monoisotopic (exact) mass is 472 g/mol. The number of Topliss-reactive ketones (excluding diaryl/α,β-unsaturated/α-hetero) is 1.